The molecule has 4 aromatic rings. The fourth-order valence-corrected chi connectivity index (χ4v) is 4.10. The van der Waals surface area contributed by atoms with Crippen molar-refractivity contribution in [3.63, 3.8) is 0 Å². The molecule has 10 heteroatoms. The number of hydrogen-bond donors (Lipinski definition) is 2. The summed E-state index contributed by atoms with van der Waals surface area (Å²) >= 11 is 0. The lowest BCUT2D eigenvalue weighted by Gasteiger charge is -2.11. The second kappa shape index (κ2) is 12.7. The van der Waals surface area contributed by atoms with Gasteiger partial charge < -0.3 is 24.3 Å². The van der Waals surface area contributed by atoms with Gasteiger partial charge in [0, 0.05) is 16.8 Å². The Morgan fingerprint density at radius 3 is 2.45 bits per heavy atom. The van der Waals surface area contributed by atoms with Crippen molar-refractivity contribution in [2.24, 2.45) is 5.10 Å². The Bertz CT molecular complexity index is 1680. The van der Waals surface area contributed by atoms with E-state index in [1.165, 1.54) is 6.21 Å². The van der Waals surface area contributed by atoms with Crippen LogP contribution in [0.15, 0.2) is 90.0 Å². The zero-order valence-electron chi connectivity index (χ0n) is 22.9. The summed E-state index contributed by atoms with van der Waals surface area (Å²) in [7, 11) is 0. The maximum Gasteiger partial charge on any atom is 0.343 e. The van der Waals surface area contributed by atoms with E-state index in [9.17, 15) is 14.4 Å². The third-order valence-electron chi connectivity index (χ3n) is 6.12. The highest BCUT2D eigenvalue weighted by atomic mass is 16.7. The second-order valence-electron chi connectivity index (χ2n) is 9.20. The number of anilines is 1. The van der Waals surface area contributed by atoms with E-state index in [1.807, 2.05) is 19.9 Å². The molecule has 0 saturated heterocycles. The van der Waals surface area contributed by atoms with Gasteiger partial charge in [-0.1, -0.05) is 23.8 Å². The smallest absolute Gasteiger partial charge is 0.343 e. The molecule has 10 nitrogen and oxygen atoms in total. The Morgan fingerprint density at radius 2 is 1.62 bits per heavy atom. The van der Waals surface area contributed by atoms with Crippen LogP contribution in [-0.2, 0) is 0 Å². The number of nitrogens with one attached hydrogen (secondary N) is 2. The summed E-state index contributed by atoms with van der Waals surface area (Å²) in [5, 5.41) is 6.81. The van der Waals surface area contributed by atoms with Crippen molar-refractivity contribution >= 4 is 29.7 Å². The van der Waals surface area contributed by atoms with Crippen molar-refractivity contribution in [3.05, 3.63) is 113 Å². The molecular weight excluding hydrogens is 538 g/mol. The average Bonchev–Trinajstić information content (AvgIpc) is 3.47. The molecule has 0 atom stereocenters. The highest BCUT2D eigenvalue weighted by Gasteiger charge is 2.17. The van der Waals surface area contributed by atoms with E-state index >= 15 is 0 Å². The van der Waals surface area contributed by atoms with Gasteiger partial charge in [-0.15, -0.1) is 0 Å². The SMILES string of the molecule is CCOc1cc(C=NNC(=O)c2cccc(NC(=O)c3ccc4c(c3)OCO4)c2)ccc1OC(=O)c1cccc(C)c1. The number of aryl methyl sites for hydroxylation is 1. The van der Waals surface area contributed by atoms with E-state index in [2.05, 4.69) is 15.8 Å². The molecule has 2 N–H and O–H groups in total. The van der Waals surface area contributed by atoms with Crippen molar-refractivity contribution in [1.29, 1.82) is 0 Å². The van der Waals surface area contributed by atoms with Gasteiger partial charge in [-0.2, -0.15) is 5.10 Å². The first-order valence-corrected chi connectivity index (χ1v) is 13.1. The van der Waals surface area contributed by atoms with Crippen molar-refractivity contribution in [2.45, 2.75) is 13.8 Å². The molecule has 4 aromatic carbocycles. The molecule has 1 aliphatic heterocycles. The molecular formula is C32H27N3O7. The van der Waals surface area contributed by atoms with Crippen LogP contribution >= 0.6 is 0 Å². The molecule has 2 amide bonds. The number of amides is 2. The summed E-state index contributed by atoms with van der Waals surface area (Å²) in [6.07, 6.45) is 1.44. The van der Waals surface area contributed by atoms with Crippen LogP contribution in [0.25, 0.3) is 0 Å². The van der Waals surface area contributed by atoms with E-state index in [1.54, 1.807) is 78.9 Å². The molecule has 42 heavy (non-hydrogen) atoms. The van der Waals surface area contributed by atoms with Crippen molar-refractivity contribution < 1.29 is 33.3 Å². The monoisotopic (exact) mass is 565 g/mol. The lowest BCUT2D eigenvalue weighted by atomic mass is 10.1. The van der Waals surface area contributed by atoms with Crippen molar-refractivity contribution in [3.8, 4) is 23.0 Å². The Balaban J connectivity index is 1.21. The van der Waals surface area contributed by atoms with Crippen LogP contribution < -0.4 is 29.7 Å². The molecule has 0 unspecified atom stereocenters. The fourth-order valence-electron chi connectivity index (χ4n) is 4.10. The van der Waals surface area contributed by atoms with Crippen LogP contribution in [-0.4, -0.2) is 37.4 Å². The zero-order valence-corrected chi connectivity index (χ0v) is 22.9. The van der Waals surface area contributed by atoms with E-state index in [0.717, 1.165) is 5.56 Å². The van der Waals surface area contributed by atoms with Gasteiger partial charge >= 0.3 is 5.97 Å². The fraction of sp³-hybridized carbons (Fsp3) is 0.125. The minimum Gasteiger partial charge on any atom is -0.490 e. The summed E-state index contributed by atoms with van der Waals surface area (Å²) in [6.45, 7) is 4.18. The quantitative estimate of drug-likeness (QED) is 0.121. The predicted molar refractivity (Wildman–Crippen MR) is 156 cm³/mol. The Hall–Kier alpha value is -5.64. The van der Waals surface area contributed by atoms with Gasteiger partial charge in [-0.05, 0) is 86.1 Å². The number of hydrazone groups is 1. The molecule has 212 valence electrons. The van der Waals surface area contributed by atoms with Crippen LogP contribution in [0.5, 0.6) is 23.0 Å². The van der Waals surface area contributed by atoms with Gasteiger partial charge in [0.05, 0.1) is 18.4 Å². The van der Waals surface area contributed by atoms with Gasteiger partial charge in [0.15, 0.2) is 23.0 Å². The minimum atomic E-state index is -0.498. The minimum absolute atomic E-state index is 0.114. The van der Waals surface area contributed by atoms with E-state index < -0.39 is 11.9 Å². The highest BCUT2D eigenvalue weighted by Crippen LogP contribution is 2.33. The summed E-state index contributed by atoms with van der Waals surface area (Å²) in [5.41, 5.74) is 5.58. The molecule has 0 saturated carbocycles. The van der Waals surface area contributed by atoms with E-state index in [-0.39, 0.29) is 18.4 Å². The standard InChI is InChI=1S/C32H27N3O7/c1-3-39-28-15-21(10-12-27(28)42-32(38)24-8-4-6-20(2)14-24)18-33-35-31(37)22-7-5-9-25(16-22)34-30(36)23-11-13-26-29(17-23)41-19-40-26/h4-18H,3,19H2,1-2H3,(H,34,36)(H,35,37). The molecule has 0 spiro atoms. The number of benzene rings is 4. The average molecular weight is 566 g/mol. The third kappa shape index (κ3) is 6.73. The number of esters is 1. The Kier molecular flexibility index (Phi) is 8.43. The third-order valence-corrected chi connectivity index (χ3v) is 6.12. The highest BCUT2D eigenvalue weighted by molar-refractivity contribution is 6.05. The van der Waals surface area contributed by atoms with Crippen LogP contribution in [0.2, 0.25) is 0 Å². The maximum absolute atomic E-state index is 12.7. The molecule has 0 aromatic heterocycles. The van der Waals surface area contributed by atoms with Gasteiger partial charge in [0.2, 0.25) is 6.79 Å². The summed E-state index contributed by atoms with van der Waals surface area (Å²) in [5.74, 6) is 0.380. The zero-order chi connectivity index (χ0) is 29.5. The van der Waals surface area contributed by atoms with Gasteiger partial charge in [0.1, 0.15) is 0 Å². The number of carbonyl (C=O) groups excluding carboxylic acids is 3. The Labute approximate surface area is 241 Å². The molecule has 0 bridgehead atoms. The topological polar surface area (TPSA) is 125 Å². The lowest BCUT2D eigenvalue weighted by molar-refractivity contribution is 0.0727. The number of fused-ring (bicyclic) bond motifs is 1. The predicted octanol–water partition coefficient (Wildman–Crippen LogP) is 5.36. The maximum atomic E-state index is 12.7. The summed E-state index contributed by atoms with van der Waals surface area (Å²) < 4.78 is 21.8. The number of carbonyl (C=O) groups is 3. The number of ether oxygens (including phenoxy) is 4. The molecule has 1 aliphatic rings. The number of rotatable bonds is 9. The van der Waals surface area contributed by atoms with E-state index in [0.29, 0.717) is 51.8 Å². The lowest BCUT2D eigenvalue weighted by Crippen LogP contribution is -2.18. The number of nitrogens with zero attached hydrogens (tertiary/aromatic N) is 1. The van der Waals surface area contributed by atoms with Crippen molar-refractivity contribution in [2.75, 3.05) is 18.7 Å². The molecule has 0 fully saturated rings. The largest absolute Gasteiger partial charge is 0.490 e. The van der Waals surface area contributed by atoms with Crippen LogP contribution in [0.1, 0.15) is 49.1 Å². The second-order valence-corrected chi connectivity index (χ2v) is 9.20. The van der Waals surface area contributed by atoms with Gasteiger partial charge in [-0.3, -0.25) is 9.59 Å². The molecule has 0 aliphatic carbocycles. The first-order valence-electron chi connectivity index (χ1n) is 13.1. The first kappa shape index (κ1) is 27.9. The summed E-state index contributed by atoms with van der Waals surface area (Å²) in [4.78, 5) is 38.0. The van der Waals surface area contributed by atoms with Gasteiger partial charge in [0.25, 0.3) is 11.8 Å². The van der Waals surface area contributed by atoms with E-state index in [4.69, 9.17) is 18.9 Å². The van der Waals surface area contributed by atoms with Crippen LogP contribution in [0, 0.1) is 6.92 Å². The van der Waals surface area contributed by atoms with Gasteiger partial charge in [-0.25, -0.2) is 10.2 Å². The number of hydrogen-bond acceptors (Lipinski definition) is 8. The molecule has 5 rings (SSSR count). The molecule has 0 radical (unpaired) electrons. The first-order chi connectivity index (χ1) is 20.4. The van der Waals surface area contributed by atoms with Crippen molar-refractivity contribution in [1.82, 2.24) is 5.43 Å². The van der Waals surface area contributed by atoms with Crippen LogP contribution in [0.3, 0.4) is 0 Å². The summed E-state index contributed by atoms with van der Waals surface area (Å²) in [6, 6.07) is 23.4. The normalized spacial score (nSPS) is 11.7. The molecule has 1 heterocycles. The Morgan fingerprint density at radius 1 is 0.833 bits per heavy atom. The van der Waals surface area contributed by atoms with Crippen LogP contribution in [0.4, 0.5) is 5.69 Å².